The topological polar surface area (TPSA) is 227 Å². The van der Waals surface area contributed by atoms with Crippen molar-refractivity contribution in [1.82, 2.24) is 0 Å². The van der Waals surface area contributed by atoms with Gasteiger partial charge in [0.2, 0.25) is 0 Å². The SMILES string of the molecule is CC(CO)(CO)C(=O)O.CCO.COCC(=O)C(C)(CO)CO.COCC(=O)C1(C)COC(=O)OC1. The number of aliphatic carboxylic acids is 1. The Morgan fingerprint density at radius 3 is 1.47 bits per heavy atom. The van der Waals surface area contributed by atoms with Gasteiger partial charge in [-0.15, -0.1) is 0 Å². The minimum atomic E-state index is -1.39. The van der Waals surface area contributed by atoms with Gasteiger partial charge in [-0.05, 0) is 27.7 Å². The van der Waals surface area contributed by atoms with E-state index in [4.69, 9.17) is 35.4 Å². The molecule has 0 bridgehead atoms. The first-order chi connectivity index (χ1) is 16.7. The van der Waals surface area contributed by atoms with E-state index in [0.29, 0.717) is 0 Å². The first-order valence-electron chi connectivity index (χ1n) is 10.8. The Morgan fingerprint density at radius 1 is 0.861 bits per heavy atom. The maximum absolute atomic E-state index is 11.4. The van der Waals surface area contributed by atoms with Crippen molar-refractivity contribution in [3.8, 4) is 0 Å². The van der Waals surface area contributed by atoms with Gasteiger partial charge in [0.05, 0.1) is 37.3 Å². The van der Waals surface area contributed by atoms with E-state index in [1.54, 1.807) is 13.8 Å². The van der Waals surface area contributed by atoms with Crippen molar-refractivity contribution in [3.05, 3.63) is 0 Å². The average molecular weight is 531 g/mol. The zero-order valence-corrected chi connectivity index (χ0v) is 21.8. The molecule has 1 fully saturated rings. The minimum Gasteiger partial charge on any atom is -0.481 e. The van der Waals surface area contributed by atoms with Gasteiger partial charge in [-0.1, -0.05) is 0 Å². The summed E-state index contributed by atoms with van der Waals surface area (Å²) in [4.78, 5) is 43.2. The van der Waals surface area contributed by atoms with Crippen molar-refractivity contribution in [2.75, 3.05) is 73.7 Å². The molecule has 0 radical (unpaired) electrons. The van der Waals surface area contributed by atoms with Gasteiger partial charge >= 0.3 is 12.1 Å². The molecule has 6 N–H and O–H groups in total. The third-order valence-corrected chi connectivity index (χ3v) is 4.83. The molecule has 0 unspecified atom stereocenters. The number of aliphatic hydroxyl groups excluding tert-OH is 5. The molecule has 14 heteroatoms. The highest BCUT2D eigenvalue weighted by Gasteiger charge is 2.39. The number of ether oxygens (including phenoxy) is 4. The first kappa shape index (κ1) is 38.3. The van der Waals surface area contributed by atoms with Crippen LogP contribution in [-0.2, 0) is 33.3 Å². The summed E-state index contributed by atoms with van der Waals surface area (Å²) in [6.45, 7) is 4.65. The van der Waals surface area contributed by atoms with Crippen molar-refractivity contribution >= 4 is 23.7 Å². The van der Waals surface area contributed by atoms with Gasteiger partial charge in [-0.2, -0.15) is 0 Å². The summed E-state index contributed by atoms with van der Waals surface area (Å²) in [6.07, 6.45) is -0.720. The molecular weight excluding hydrogens is 488 g/mol. The van der Waals surface area contributed by atoms with E-state index in [1.165, 1.54) is 28.1 Å². The number of methoxy groups -OCH3 is 2. The Labute approximate surface area is 210 Å². The van der Waals surface area contributed by atoms with Crippen LogP contribution in [0.3, 0.4) is 0 Å². The molecule has 1 rings (SSSR count). The van der Waals surface area contributed by atoms with Crippen molar-refractivity contribution < 1.29 is 68.8 Å². The lowest BCUT2D eigenvalue weighted by Gasteiger charge is -2.30. The second kappa shape index (κ2) is 19.9. The van der Waals surface area contributed by atoms with Gasteiger partial charge in [0, 0.05) is 20.8 Å². The molecule has 14 nitrogen and oxygen atoms in total. The highest BCUT2D eigenvalue weighted by atomic mass is 16.7. The molecule has 1 aliphatic heterocycles. The van der Waals surface area contributed by atoms with Crippen LogP contribution in [0.5, 0.6) is 0 Å². The number of Topliss-reactive ketones (excluding diaryl/α,β-unsaturated/α-hetero) is 2. The zero-order chi connectivity index (χ0) is 29.0. The largest absolute Gasteiger partial charge is 0.508 e. The van der Waals surface area contributed by atoms with E-state index < -0.39 is 41.6 Å². The predicted molar refractivity (Wildman–Crippen MR) is 124 cm³/mol. The Hall–Kier alpha value is -2.20. The molecule has 1 aliphatic rings. The summed E-state index contributed by atoms with van der Waals surface area (Å²) in [6, 6.07) is 0. The molecule has 0 saturated carbocycles. The lowest BCUT2D eigenvalue weighted by Crippen LogP contribution is -2.44. The van der Waals surface area contributed by atoms with Crippen LogP contribution in [0.25, 0.3) is 0 Å². The van der Waals surface area contributed by atoms with Crippen LogP contribution in [0.1, 0.15) is 27.7 Å². The molecule has 0 aliphatic carbocycles. The third kappa shape index (κ3) is 14.4. The van der Waals surface area contributed by atoms with Crippen molar-refractivity contribution in [2.45, 2.75) is 27.7 Å². The normalized spacial score (nSPS) is 14.2. The summed E-state index contributed by atoms with van der Waals surface area (Å²) >= 11 is 0. The van der Waals surface area contributed by atoms with E-state index in [-0.39, 0.29) is 57.8 Å². The van der Waals surface area contributed by atoms with Gasteiger partial charge < -0.3 is 49.6 Å². The van der Waals surface area contributed by atoms with Gasteiger partial charge in [-0.25, -0.2) is 4.79 Å². The number of carboxylic acid groups (broad SMARTS) is 1. The number of hydrogen-bond donors (Lipinski definition) is 6. The molecule has 0 amide bonds. The molecule has 0 spiro atoms. The number of aliphatic hydroxyl groups is 5. The average Bonchev–Trinajstić information content (AvgIpc) is 2.86. The van der Waals surface area contributed by atoms with Gasteiger partial charge in [0.15, 0.2) is 11.6 Å². The van der Waals surface area contributed by atoms with Crippen LogP contribution in [0.2, 0.25) is 0 Å². The number of cyclic esters (lactones) is 2. The summed E-state index contributed by atoms with van der Waals surface area (Å²) in [5.74, 6) is -1.60. The monoisotopic (exact) mass is 530 g/mol. The first-order valence-corrected chi connectivity index (χ1v) is 10.8. The number of rotatable bonds is 11. The second-order valence-electron chi connectivity index (χ2n) is 8.48. The maximum atomic E-state index is 11.4. The summed E-state index contributed by atoms with van der Waals surface area (Å²) in [5, 5.41) is 50.2. The predicted octanol–water partition coefficient (Wildman–Crippen LogP) is -1.37. The molecule has 0 aromatic rings. The highest BCUT2D eigenvalue weighted by Crippen LogP contribution is 2.23. The maximum Gasteiger partial charge on any atom is 0.508 e. The van der Waals surface area contributed by atoms with E-state index >= 15 is 0 Å². The van der Waals surface area contributed by atoms with E-state index in [1.807, 2.05) is 0 Å². The van der Waals surface area contributed by atoms with Crippen molar-refractivity contribution in [1.29, 1.82) is 0 Å². The van der Waals surface area contributed by atoms with Crippen LogP contribution in [-0.4, -0.2) is 128 Å². The van der Waals surface area contributed by atoms with Crippen molar-refractivity contribution in [2.24, 2.45) is 16.2 Å². The number of carboxylic acids is 1. The van der Waals surface area contributed by atoms with Crippen LogP contribution >= 0.6 is 0 Å². The Bertz CT molecular complexity index is 631. The zero-order valence-electron chi connectivity index (χ0n) is 21.8. The highest BCUT2D eigenvalue weighted by molar-refractivity contribution is 5.87. The summed E-state index contributed by atoms with van der Waals surface area (Å²) < 4.78 is 18.5. The quantitative estimate of drug-likeness (QED) is 0.169. The molecule has 1 saturated heterocycles. The third-order valence-electron chi connectivity index (χ3n) is 4.83. The van der Waals surface area contributed by atoms with E-state index in [2.05, 4.69) is 14.2 Å². The van der Waals surface area contributed by atoms with Gasteiger partial charge in [0.25, 0.3) is 0 Å². The van der Waals surface area contributed by atoms with Crippen LogP contribution in [0, 0.1) is 16.2 Å². The Balaban J connectivity index is -0.000000436. The molecule has 0 aromatic carbocycles. The smallest absolute Gasteiger partial charge is 0.481 e. The van der Waals surface area contributed by atoms with Crippen LogP contribution < -0.4 is 0 Å². The summed E-state index contributed by atoms with van der Waals surface area (Å²) in [5.41, 5.74) is -3.21. The van der Waals surface area contributed by atoms with Crippen LogP contribution in [0.4, 0.5) is 4.79 Å². The molecule has 0 atom stereocenters. The van der Waals surface area contributed by atoms with E-state index in [9.17, 15) is 19.2 Å². The minimum absolute atomic E-state index is 0.0113. The molecule has 0 aromatic heterocycles. The fourth-order valence-electron chi connectivity index (χ4n) is 1.70. The fraction of sp³-hybridized carbons (Fsp3) is 0.818. The van der Waals surface area contributed by atoms with Gasteiger partial charge in [0.1, 0.15) is 31.8 Å². The van der Waals surface area contributed by atoms with Crippen molar-refractivity contribution in [3.63, 3.8) is 0 Å². The number of carbonyl (C=O) groups is 4. The Kier molecular flexibility index (Phi) is 21.2. The number of hydrogen-bond acceptors (Lipinski definition) is 13. The van der Waals surface area contributed by atoms with E-state index in [0.717, 1.165) is 0 Å². The summed E-state index contributed by atoms with van der Waals surface area (Å²) in [7, 11) is 2.84. The second-order valence-corrected chi connectivity index (χ2v) is 8.48. The Morgan fingerprint density at radius 2 is 1.22 bits per heavy atom. The van der Waals surface area contributed by atoms with Crippen LogP contribution in [0.15, 0.2) is 0 Å². The molecule has 36 heavy (non-hydrogen) atoms. The fourth-order valence-corrected chi connectivity index (χ4v) is 1.70. The lowest BCUT2D eigenvalue weighted by atomic mass is 9.87. The standard InChI is InChI=1S/C8H12O5.C7H14O4.C5H10O4.C2H6O/c1-8(6(9)3-11-2)4-12-7(10)13-5-8;1-7(4-8,5-9)6(10)3-11-2;1-5(2-6,3-7)4(8)9;1-2-3/h3-5H2,1-2H3;8-9H,3-5H2,1-2H3;6-7H,2-3H2,1H3,(H,8,9);3H,2H2,1H3. The number of carbonyl (C=O) groups excluding carboxylic acids is 3. The molecule has 1 heterocycles. The molecule has 214 valence electrons. The molecular formula is C22H42O14. The lowest BCUT2D eigenvalue weighted by molar-refractivity contribution is -0.153. The number of ketones is 2. The van der Waals surface area contributed by atoms with Gasteiger partial charge in [-0.3, -0.25) is 14.4 Å².